The summed E-state index contributed by atoms with van der Waals surface area (Å²) in [5, 5.41) is 7.29. The standard InChI is InChI=1S/C22H19FN4O2S/c1-16-7-11-18(12-8-16)21-25-22(24-15-17-9-13-19(23)14-10-17)27(26-21)30(28,29)20-5-3-2-4-6-20/h2-14H,15H2,1H3,(H,24,25,26). The van der Waals surface area contributed by atoms with Crippen LogP contribution in [0.2, 0.25) is 0 Å². The second-order valence-electron chi connectivity index (χ2n) is 6.77. The van der Waals surface area contributed by atoms with Gasteiger partial charge in [0, 0.05) is 12.1 Å². The van der Waals surface area contributed by atoms with Gasteiger partial charge >= 0.3 is 0 Å². The van der Waals surface area contributed by atoms with Crippen LogP contribution in [-0.2, 0) is 16.6 Å². The fourth-order valence-corrected chi connectivity index (χ4v) is 4.09. The lowest BCUT2D eigenvalue weighted by Crippen LogP contribution is -2.18. The normalized spacial score (nSPS) is 11.4. The first kappa shape index (κ1) is 19.8. The van der Waals surface area contributed by atoms with Gasteiger partial charge in [0.25, 0.3) is 10.0 Å². The summed E-state index contributed by atoms with van der Waals surface area (Å²) >= 11 is 0. The maximum Gasteiger partial charge on any atom is 0.286 e. The largest absolute Gasteiger partial charge is 0.349 e. The van der Waals surface area contributed by atoms with Crippen molar-refractivity contribution in [2.75, 3.05) is 5.32 Å². The predicted octanol–water partition coefficient (Wildman–Crippen LogP) is 4.24. The minimum atomic E-state index is -3.96. The van der Waals surface area contributed by atoms with Crippen LogP contribution in [0.4, 0.5) is 10.3 Å². The molecule has 0 saturated carbocycles. The van der Waals surface area contributed by atoms with E-state index >= 15 is 0 Å². The number of hydrogen-bond donors (Lipinski definition) is 1. The SMILES string of the molecule is Cc1ccc(-c2nc(NCc3ccc(F)cc3)n(S(=O)(=O)c3ccccc3)n2)cc1. The average Bonchev–Trinajstić information content (AvgIpc) is 3.20. The van der Waals surface area contributed by atoms with E-state index < -0.39 is 10.0 Å². The van der Waals surface area contributed by atoms with Crippen LogP contribution in [0.1, 0.15) is 11.1 Å². The Labute approximate surface area is 174 Å². The van der Waals surface area contributed by atoms with Crippen LogP contribution in [0.5, 0.6) is 0 Å². The number of nitrogens with zero attached hydrogens (tertiary/aromatic N) is 3. The topological polar surface area (TPSA) is 76.9 Å². The minimum Gasteiger partial charge on any atom is -0.349 e. The molecule has 6 nitrogen and oxygen atoms in total. The summed E-state index contributed by atoms with van der Waals surface area (Å²) in [7, 11) is -3.96. The monoisotopic (exact) mass is 422 g/mol. The van der Waals surface area contributed by atoms with Gasteiger partial charge in [-0.05, 0) is 36.8 Å². The Bertz CT molecular complexity index is 1250. The van der Waals surface area contributed by atoms with Crippen LogP contribution in [0, 0.1) is 12.7 Å². The predicted molar refractivity (Wildman–Crippen MR) is 113 cm³/mol. The van der Waals surface area contributed by atoms with Crippen molar-refractivity contribution in [3.8, 4) is 11.4 Å². The third kappa shape index (κ3) is 4.08. The van der Waals surface area contributed by atoms with Crippen LogP contribution in [0.25, 0.3) is 11.4 Å². The average molecular weight is 422 g/mol. The molecule has 0 spiro atoms. The van der Waals surface area contributed by atoms with Crippen molar-refractivity contribution in [1.82, 2.24) is 14.2 Å². The highest BCUT2D eigenvalue weighted by Gasteiger charge is 2.24. The Morgan fingerprint density at radius 2 is 1.60 bits per heavy atom. The molecule has 3 aromatic carbocycles. The molecule has 0 aliphatic heterocycles. The smallest absolute Gasteiger partial charge is 0.286 e. The fraction of sp³-hybridized carbons (Fsp3) is 0.0909. The van der Waals surface area contributed by atoms with Crippen molar-refractivity contribution >= 4 is 16.0 Å². The highest BCUT2D eigenvalue weighted by atomic mass is 32.2. The van der Waals surface area contributed by atoms with Crippen molar-refractivity contribution in [3.05, 3.63) is 95.8 Å². The second-order valence-corrected chi connectivity index (χ2v) is 8.53. The Morgan fingerprint density at radius 3 is 2.27 bits per heavy atom. The van der Waals surface area contributed by atoms with Gasteiger partial charge in [0.05, 0.1) is 4.90 Å². The molecular formula is C22H19FN4O2S. The highest BCUT2D eigenvalue weighted by Crippen LogP contribution is 2.23. The summed E-state index contributed by atoms with van der Waals surface area (Å²) in [6.07, 6.45) is 0. The van der Waals surface area contributed by atoms with E-state index in [0.717, 1.165) is 15.2 Å². The van der Waals surface area contributed by atoms with E-state index in [1.807, 2.05) is 31.2 Å². The lowest BCUT2D eigenvalue weighted by Gasteiger charge is -2.09. The summed E-state index contributed by atoms with van der Waals surface area (Å²) in [5.41, 5.74) is 2.55. The summed E-state index contributed by atoms with van der Waals surface area (Å²) in [6.45, 7) is 2.22. The van der Waals surface area contributed by atoms with Crippen molar-refractivity contribution in [1.29, 1.82) is 0 Å². The van der Waals surface area contributed by atoms with E-state index in [2.05, 4.69) is 15.4 Å². The molecule has 0 bridgehead atoms. The van der Waals surface area contributed by atoms with E-state index in [-0.39, 0.29) is 29.0 Å². The first-order chi connectivity index (χ1) is 14.4. The zero-order valence-electron chi connectivity index (χ0n) is 16.2. The van der Waals surface area contributed by atoms with Gasteiger partial charge in [-0.2, -0.15) is 13.4 Å². The van der Waals surface area contributed by atoms with E-state index in [0.29, 0.717) is 5.56 Å². The molecule has 8 heteroatoms. The third-order valence-electron chi connectivity index (χ3n) is 4.52. The molecule has 4 rings (SSSR count). The Morgan fingerprint density at radius 1 is 0.933 bits per heavy atom. The molecule has 30 heavy (non-hydrogen) atoms. The first-order valence-electron chi connectivity index (χ1n) is 9.26. The van der Waals surface area contributed by atoms with Gasteiger partial charge < -0.3 is 5.32 Å². The van der Waals surface area contributed by atoms with Crippen LogP contribution in [0.15, 0.2) is 83.8 Å². The van der Waals surface area contributed by atoms with Crippen LogP contribution in [0.3, 0.4) is 0 Å². The van der Waals surface area contributed by atoms with Crippen molar-refractivity contribution in [2.24, 2.45) is 0 Å². The van der Waals surface area contributed by atoms with Crippen molar-refractivity contribution in [3.63, 3.8) is 0 Å². The summed E-state index contributed by atoms with van der Waals surface area (Å²) in [4.78, 5) is 4.53. The number of hydrogen-bond acceptors (Lipinski definition) is 5. The van der Waals surface area contributed by atoms with E-state index in [9.17, 15) is 12.8 Å². The lowest BCUT2D eigenvalue weighted by molar-refractivity contribution is 0.580. The number of aryl methyl sites for hydroxylation is 1. The maximum absolute atomic E-state index is 13.2. The highest BCUT2D eigenvalue weighted by molar-refractivity contribution is 7.90. The molecule has 1 aromatic heterocycles. The second kappa shape index (κ2) is 8.08. The summed E-state index contributed by atoms with van der Waals surface area (Å²) in [5.74, 6) is 0.0325. The van der Waals surface area contributed by atoms with Crippen LogP contribution < -0.4 is 5.32 Å². The Kier molecular flexibility index (Phi) is 5.33. The van der Waals surface area contributed by atoms with E-state index in [1.165, 1.54) is 24.3 Å². The van der Waals surface area contributed by atoms with E-state index in [1.54, 1.807) is 30.3 Å². The van der Waals surface area contributed by atoms with Gasteiger partial charge in [-0.15, -0.1) is 9.19 Å². The van der Waals surface area contributed by atoms with Gasteiger partial charge in [0.15, 0.2) is 5.82 Å². The van der Waals surface area contributed by atoms with E-state index in [4.69, 9.17) is 0 Å². The Balaban J connectivity index is 1.74. The molecule has 0 saturated heterocycles. The van der Waals surface area contributed by atoms with Gasteiger partial charge in [-0.1, -0.05) is 60.2 Å². The molecule has 0 aliphatic carbocycles. The van der Waals surface area contributed by atoms with Gasteiger partial charge in [-0.25, -0.2) is 4.39 Å². The van der Waals surface area contributed by atoms with Gasteiger partial charge in [-0.3, -0.25) is 0 Å². The lowest BCUT2D eigenvalue weighted by atomic mass is 10.1. The van der Waals surface area contributed by atoms with Crippen LogP contribution >= 0.6 is 0 Å². The molecule has 1 N–H and O–H groups in total. The quantitative estimate of drug-likeness (QED) is 0.503. The number of nitrogens with one attached hydrogen (secondary N) is 1. The molecular weight excluding hydrogens is 403 g/mol. The molecule has 0 aliphatic rings. The first-order valence-corrected chi connectivity index (χ1v) is 10.7. The van der Waals surface area contributed by atoms with Gasteiger partial charge in [0.1, 0.15) is 5.82 Å². The zero-order valence-corrected chi connectivity index (χ0v) is 17.0. The molecule has 0 radical (unpaired) electrons. The zero-order chi connectivity index (χ0) is 21.1. The number of anilines is 1. The molecule has 0 unspecified atom stereocenters. The number of benzene rings is 3. The summed E-state index contributed by atoms with van der Waals surface area (Å²) < 4.78 is 40.4. The van der Waals surface area contributed by atoms with Crippen molar-refractivity contribution < 1.29 is 12.8 Å². The third-order valence-corrected chi connectivity index (χ3v) is 6.10. The molecule has 4 aromatic rings. The van der Waals surface area contributed by atoms with Gasteiger partial charge in [0.2, 0.25) is 5.95 Å². The molecule has 0 amide bonds. The molecule has 1 heterocycles. The Hall–Kier alpha value is -3.52. The molecule has 0 atom stereocenters. The summed E-state index contributed by atoms with van der Waals surface area (Å²) in [6, 6.07) is 21.5. The number of rotatable bonds is 6. The number of aromatic nitrogens is 3. The fourth-order valence-electron chi connectivity index (χ4n) is 2.87. The molecule has 0 fully saturated rings. The van der Waals surface area contributed by atoms with Crippen molar-refractivity contribution in [2.45, 2.75) is 18.4 Å². The maximum atomic E-state index is 13.2. The minimum absolute atomic E-state index is 0.0822. The molecule has 152 valence electrons. The van der Waals surface area contributed by atoms with Crippen LogP contribution in [-0.4, -0.2) is 22.6 Å². The number of halogens is 1.